The molecule has 1 N–H and O–H groups in total. The lowest BCUT2D eigenvalue weighted by Gasteiger charge is -2.40. The molecule has 0 aliphatic rings. The fourth-order valence-corrected chi connectivity index (χ4v) is 2.08. The van der Waals surface area contributed by atoms with Crippen molar-refractivity contribution in [2.24, 2.45) is 5.41 Å². The van der Waals surface area contributed by atoms with E-state index >= 15 is 0 Å². The van der Waals surface area contributed by atoms with Gasteiger partial charge >= 0.3 is 0 Å². The molecule has 0 saturated carbocycles. The van der Waals surface area contributed by atoms with Crippen LogP contribution in [0, 0.1) is 5.41 Å². The quantitative estimate of drug-likeness (QED) is 0.782. The van der Waals surface area contributed by atoms with E-state index in [0.29, 0.717) is 12.3 Å². The molecule has 1 rings (SSSR count). The summed E-state index contributed by atoms with van der Waals surface area (Å²) in [4.78, 5) is 0. The minimum Gasteiger partial charge on any atom is -0.385 e. The summed E-state index contributed by atoms with van der Waals surface area (Å²) in [5, 5.41) is 10.7. The largest absolute Gasteiger partial charge is 0.385 e. The number of alkyl halides is 1. The molecule has 0 aromatic heterocycles. The molecule has 0 aliphatic carbocycles. The fraction of sp³-hybridized carbons (Fsp3) is 0.538. The number of halogens is 1. The zero-order chi connectivity index (χ0) is 11.5. The van der Waals surface area contributed by atoms with Gasteiger partial charge in [0.2, 0.25) is 0 Å². The zero-order valence-electron chi connectivity index (χ0n) is 9.63. The van der Waals surface area contributed by atoms with Gasteiger partial charge in [0.1, 0.15) is 0 Å². The third kappa shape index (κ3) is 2.53. The van der Waals surface area contributed by atoms with Crippen molar-refractivity contribution in [3.63, 3.8) is 0 Å². The highest BCUT2D eigenvalue weighted by Crippen LogP contribution is 2.41. The standard InChI is InChI=1S/C13H19ClO/c1-12(2,3)13(15,9-10-14)11-7-5-4-6-8-11/h4-8,15H,9-10H2,1-3H3. The van der Waals surface area contributed by atoms with Gasteiger partial charge in [-0.25, -0.2) is 0 Å². The maximum atomic E-state index is 10.7. The lowest BCUT2D eigenvalue weighted by molar-refractivity contribution is -0.0667. The van der Waals surface area contributed by atoms with Crippen LogP contribution in [0.2, 0.25) is 0 Å². The van der Waals surface area contributed by atoms with Gasteiger partial charge in [0, 0.05) is 5.88 Å². The van der Waals surface area contributed by atoms with Crippen molar-refractivity contribution in [3.05, 3.63) is 35.9 Å². The van der Waals surface area contributed by atoms with Crippen LogP contribution in [0.1, 0.15) is 32.8 Å². The summed E-state index contributed by atoms with van der Waals surface area (Å²) in [6.45, 7) is 6.10. The second-order valence-electron chi connectivity index (χ2n) is 4.92. The molecule has 0 spiro atoms. The second kappa shape index (κ2) is 4.54. The normalized spacial score (nSPS) is 16.1. The maximum absolute atomic E-state index is 10.7. The van der Waals surface area contributed by atoms with Gasteiger partial charge in [-0.2, -0.15) is 0 Å². The molecule has 0 heterocycles. The summed E-state index contributed by atoms with van der Waals surface area (Å²) >= 11 is 5.78. The molecule has 1 unspecified atom stereocenters. The maximum Gasteiger partial charge on any atom is 0.0955 e. The van der Waals surface area contributed by atoms with Crippen LogP contribution in [0.3, 0.4) is 0 Å². The Hall–Kier alpha value is -0.530. The van der Waals surface area contributed by atoms with Gasteiger partial charge in [-0.3, -0.25) is 0 Å². The number of aliphatic hydroxyl groups is 1. The van der Waals surface area contributed by atoms with Crippen LogP contribution < -0.4 is 0 Å². The van der Waals surface area contributed by atoms with Crippen LogP contribution in [-0.2, 0) is 5.60 Å². The molecule has 1 aromatic rings. The van der Waals surface area contributed by atoms with Crippen molar-refractivity contribution in [1.29, 1.82) is 0 Å². The van der Waals surface area contributed by atoms with E-state index in [2.05, 4.69) is 0 Å². The van der Waals surface area contributed by atoms with E-state index in [4.69, 9.17) is 11.6 Å². The molecule has 2 heteroatoms. The highest BCUT2D eigenvalue weighted by molar-refractivity contribution is 6.17. The summed E-state index contributed by atoms with van der Waals surface area (Å²) in [5.41, 5.74) is -0.127. The first-order valence-corrected chi connectivity index (χ1v) is 5.79. The number of benzene rings is 1. The van der Waals surface area contributed by atoms with E-state index in [1.54, 1.807) is 0 Å². The predicted octanol–water partition coefficient (Wildman–Crippen LogP) is 3.55. The van der Waals surface area contributed by atoms with Gasteiger partial charge in [-0.15, -0.1) is 11.6 Å². The number of rotatable bonds is 3. The average Bonchev–Trinajstić information content (AvgIpc) is 2.18. The van der Waals surface area contributed by atoms with Crippen LogP contribution in [0.15, 0.2) is 30.3 Å². The SMILES string of the molecule is CC(C)(C)C(O)(CCCl)c1ccccc1. The molecule has 0 amide bonds. The van der Waals surface area contributed by atoms with Crippen molar-refractivity contribution < 1.29 is 5.11 Å². The summed E-state index contributed by atoms with van der Waals surface area (Å²) in [6, 6.07) is 9.75. The smallest absolute Gasteiger partial charge is 0.0955 e. The molecule has 15 heavy (non-hydrogen) atoms. The van der Waals surface area contributed by atoms with Gasteiger partial charge in [0.25, 0.3) is 0 Å². The van der Waals surface area contributed by atoms with Crippen molar-refractivity contribution in [2.45, 2.75) is 32.8 Å². The Morgan fingerprint density at radius 2 is 1.67 bits per heavy atom. The molecule has 1 atom stereocenters. The molecule has 0 saturated heterocycles. The summed E-state index contributed by atoms with van der Waals surface area (Å²) < 4.78 is 0. The van der Waals surface area contributed by atoms with Gasteiger partial charge in [-0.1, -0.05) is 51.1 Å². The Labute approximate surface area is 97.1 Å². The van der Waals surface area contributed by atoms with Gasteiger partial charge in [0.05, 0.1) is 5.60 Å². The molecular weight excluding hydrogens is 208 g/mol. The lowest BCUT2D eigenvalue weighted by atomic mass is 9.71. The lowest BCUT2D eigenvalue weighted by Crippen LogP contribution is -2.40. The highest BCUT2D eigenvalue weighted by Gasteiger charge is 2.40. The summed E-state index contributed by atoms with van der Waals surface area (Å²) in [5.74, 6) is 0.461. The Morgan fingerprint density at radius 1 is 1.13 bits per heavy atom. The second-order valence-corrected chi connectivity index (χ2v) is 5.29. The first-order valence-electron chi connectivity index (χ1n) is 5.26. The Kier molecular flexibility index (Phi) is 3.80. The zero-order valence-corrected chi connectivity index (χ0v) is 10.4. The summed E-state index contributed by atoms with van der Waals surface area (Å²) in [6.07, 6.45) is 0.571. The minimum atomic E-state index is -0.851. The van der Waals surface area contributed by atoms with Crippen LogP contribution in [0.25, 0.3) is 0 Å². The van der Waals surface area contributed by atoms with Gasteiger partial charge < -0.3 is 5.11 Å². The Balaban J connectivity index is 3.13. The number of hydrogen-bond donors (Lipinski definition) is 1. The van der Waals surface area contributed by atoms with Crippen molar-refractivity contribution in [1.82, 2.24) is 0 Å². The predicted molar refractivity (Wildman–Crippen MR) is 65.1 cm³/mol. The van der Waals surface area contributed by atoms with E-state index in [-0.39, 0.29) is 5.41 Å². The third-order valence-electron chi connectivity index (χ3n) is 2.95. The molecule has 84 valence electrons. The first-order chi connectivity index (χ1) is 6.92. The fourth-order valence-electron chi connectivity index (χ4n) is 1.80. The molecule has 0 aliphatic heterocycles. The Bertz CT molecular complexity index is 302. The van der Waals surface area contributed by atoms with Crippen LogP contribution in [0.4, 0.5) is 0 Å². The van der Waals surface area contributed by atoms with E-state index in [1.165, 1.54) is 0 Å². The van der Waals surface area contributed by atoms with Crippen molar-refractivity contribution in [3.8, 4) is 0 Å². The number of hydrogen-bond acceptors (Lipinski definition) is 1. The Morgan fingerprint density at radius 3 is 2.07 bits per heavy atom. The van der Waals surface area contributed by atoms with Crippen LogP contribution >= 0.6 is 11.6 Å². The van der Waals surface area contributed by atoms with E-state index in [9.17, 15) is 5.11 Å². The van der Waals surface area contributed by atoms with Gasteiger partial charge in [0.15, 0.2) is 0 Å². The topological polar surface area (TPSA) is 20.2 Å². The van der Waals surface area contributed by atoms with E-state index in [1.807, 2.05) is 51.1 Å². The molecule has 1 aromatic carbocycles. The molecule has 1 nitrogen and oxygen atoms in total. The monoisotopic (exact) mass is 226 g/mol. The van der Waals surface area contributed by atoms with Crippen LogP contribution in [-0.4, -0.2) is 11.0 Å². The average molecular weight is 227 g/mol. The molecular formula is C13H19ClO. The van der Waals surface area contributed by atoms with E-state index in [0.717, 1.165) is 5.56 Å². The minimum absolute atomic E-state index is 0.219. The first kappa shape index (κ1) is 12.5. The third-order valence-corrected chi connectivity index (χ3v) is 3.14. The van der Waals surface area contributed by atoms with Crippen molar-refractivity contribution >= 4 is 11.6 Å². The van der Waals surface area contributed by atoms with Gasteiger partial charge in [-0.05, 0) is 17.4 Å². The molecule has 0 radical (unpaired) electrons. The molecule has 0 bridgehead atoms. The van der Waals surface area contributed by atoms with Crippen molar-refractivity contribution in [2.75, 3.05) is 5.88 Å². The molecule has 0 fully saturated rings. The van der Waals surface area contributed by atoms with Crippen LogP contribution in [0.5, 0.6) is 0 Å². The summed E-state index contributed by atoms with van der Waals surface area (Å²) in [7, 11) is 0. The van der Waals surface area contributed by atoms with E-state index < -0.39 is 5.60 Å². The highest BCUT2D eigenvalue weighted by atomic mass is 35.5.